The van der Waals surface area contributed by atoms with Gasteiger partial charge in [0.15, 0.2) is 23.2 Å². The van der Waals surface area contributed by atoms with Crippen LogP contribution in [-0.4, -0.2) is 38.1 Å². The smallest absolute Gasteiger partial charge is 0.349 e. The molecule has 0 spiro atoms. The molecule has 0 saturated heterocycles. The van der Waals surface area contributed by atoms with E-state index in [0.29, 0.717) is 23.2 Å². The lowest BCUT2D eigenvalue weighted by Gasteiger charge is -2.21. The van der Waals surface area contributed by atoms with Crippen molar-refractivity contribution in [1.29, 1.82) is 5.26 Å². The molecule has 0 bridgehead atoms. The molecule has 2 aromatic heterocycles. The molecule has 2 aromatic carbocycles. The van der Waals surface area contributed by atoms with Crippen molar-refractivity contribution in [3.05, 3.63) is 100.0 Å². The van der Waals surface area contributed by atoms with Crippen LogP contribution < -0.4 is 21.5 Å². The molecule has 37 heavy (non-hydrogen) atoms. The first-order valence-electron chi connectivity index (χ1n) is 11.4. The number of nitrogen functional groups attached to an aromatic ring is 1. The molecule has 0 amide bonds. The Morgan fingerprint density at radius 3 is 2.84 bits per heavy atom. The molecular formula is C26H25FN7O3. The van der Waals surface area contributed by atoms with Crippen LogP contribution in [0.4, 0.5) is 15.8 Å². The highest BCUT2D eigenvalue weighted by Crippen LogP contribution is 2.33. The first-order valence-corrected chi connectivity index (χ1v) is 11.4. The molecule has 0 saturated carbocycles. The number of nitrogens with two attached hydrogens (primary N) is 1. The van der Waals surface area contributed by atoms with E-state index in [1.165, 1.54) is 6.20 Å². The minimum atomic E-state index is -0.991. The zero-order valence-corrected chi connectivity index (χ0v) is 20.0. The number of anilines is 2. The Morgan fingerprint density at radius 2 is 2.16 bits per heavy atom. The summed E-state index contributed by atoms with van der Waals surface area (Å²) in [6.45, 7) is 5.42. The topological polar surface area (TPSA) is 155 Å². The molecule has 4 rings (SSSR count). The number of hydrogen-bond acceptors (Lipinski definition) is 8. The number of nitrogens with zero attached hydrogens (tertiary/aromatic N) is 4. The molecule has 1 atom stereocenters. The lowest BCUT2D eigenvalue weighted by atomic mass is 9.99. The van der Waals surface area contributed by atoms with Gasteiger partial charge in [0, 0.05) is 17.4 Å². The monoisotopic (exact) mass is 502 g/mol. The predicted molar refractivity (Wildman–Crippen MR) is 136 cm³/mol. The second-order valence-electron chi connectivity index (χ2n) is 8.13. The number of aryl methyl sites for hydroxylation is 1. The summed E-state index contributed by atoms with van der Waals surface area (Å²) in [6, 6.07) is 12.4. The fourth-order valence-electron chi connectivity index (χ4n) is 3.81. The summed E-state index contributed by atoms with van der Waals surface area (Å²) in [7, 11) is 0. The molecular weight excluding hydrogens is 477 g/mol. The van der Waals surface area contributed by atoms with Gasteiger partial charge in [-0.1, -0.05) is 13.0 Å². The van der Waals surface area contributed by atoms with Crippen LogP contribution in [0.5, 0.6) is 5.75 Å². The average molecular weight is 503 g/mol. The molecule has 11 heteroatoms. The number of hydrogen-bond donors (Lipinski definition) is 4. The second kappa shape index (κ2) is 10.9. The number of aromatic amines is 1. The van der Waals surface area contributed by atoms with Crippen LogP contribution >= 0.6 is 0 Å². The number of nitrogens with one attached hydrogen (secondary N) is 2. The predicted octanol–water partition coefficient (Wildman–Crippen LogP) is 2.87. The summed E-state index contributed by atoms with van der Waals surface area (Å²) in [5.74, 6) is -0.504. The fraction of sp³-hybridized carbons (Fsp3) is 0.192. The van der Waals surface area contributed by atoms with Crippen LogP contribution in [0.2, 0.25) is 0 Å². The van der Waals surface area contributed by atoms with E-state index in [1.807, 2.05) is 6.92 Å². The summed E-state index contributed by atoms with van der Waals surface area (Å²) in [5.41, 5.74) is 7.91. The Kier molecular flexibility index (Phi) is 7.50. The summed E-state index contributed by atoms with van der Waals surface area (Å²) in [4.78, 5) is 19.7. The minimum absolute atomic E-state index is 0.0383. The molecule has 1 radical (unpaired) electrons. The number of aliphatic hydroxyl groups is 1. The number of aliphatic hydroxyl groups excluding tert-OH is 1. The summed E-state index contributed by atoms with van der Waals surface area (Å²) in [6.07, 6.45) is 2.05. The van der Waals surface area contributed by atoms with E-state index < -0.39 is 17.5 Å². The number of halogens is 1. The van der Waals surface area contributed by atoms with Gasteiger partial charge < -0.3 is 20.9 Å². The molecule has 189 valence electrons. The maximum atomic E-state index is 15.8. The molecule has 0 aliphatic carbocycles. The van der Waals surface area contributed by atoms with Crippen LogP contribution in [0.15, 0.2) is 53.5 Å². The van der Waals surface area contributed by atoms with Crippen molar-refractivity contribution in [3.8, 4) is 17.6 Å². The van der Waals surface area contributed by atoms with E-state index in [2.05, 4.69) is 33.4 Å². The van der Waals surface area contributed by atoms with E-state index in [1.54, 1.807) is 42.5 Å². The van der Waals surface area contributed by atoms with Crippen molar-refractivity contribution in [1.82, 2.24) is 19.7 Å². The Hall–Kier alpha value is -4.69. The van der Waals surface area contributed by atoms with Crippen LogP contribution in [0.1, 0.15) is 41.0 Å². The number of nitriles is 1. The Labute approximate surface area is 212 Å². The molecule has 5 N–H and O–H groups in total. The molecule has 0 aliphatic rings. The molecule has 2 heterocycles. The van der Waals surface area contributed by atoms with Crippen molar-refractivity contribution in [2.24, 2.45) is 0 Å². The van der Waals surface area contributed by atoms with Gasteiger partial charge >= 0.3 is 5.69 Å². The summed E-state index contributed by atoms with van der Waals surface area (Å²) >= 11 is 0. The molecule has 4 aromatic rings. The first-order chi connectivity index (χ1) is 17.9. The highest BCUT2D eigenvalue weighted by molar-refractivity contribution is 5.56. The van der Waals surface area contributed by atoms with Gasteiger partial charge in [0.1, 0.15) is 12.6 Å². The Balaban J connectivity index is 1.88. The van der Waals surface area contributed by atoms with Crippen molar-refractivity contribution < 1.29 is 14.2 Å². The van der Waals surface area contributed by atoms with E-state index in [4.69, 9.17) is 10.5 Å². The lowest BCUT2D eigenvalue weighted by Crippen LogP contribution is -2.18. The van der Waals surface area contributed by atoms with Crippen molar-refractivity contribution >= 4 is 11.4 Å². The highest BCUT2D eigenvalue weighted by Gasteiger charge is 2.26. The standard InChI is InChI=1S/C26H25FN7O3/c1-3-16-12-19(22(27)21(13-16)37-10-9-35)23(31-18-7-6-17(14-28)15(2)11-18)24-32-26(36)34(33-24)25-20(29)5-4-8-30-25/h4-8,11-13,23,31,35H,2-3,9-10,29H2,1H3,(H,32,33,36). The van der Waals surface area contributed by atoms with Crippen molar-refractivity contribution in [2.75, 3.05) is 24.3 Å². The normalized spacial score (nSPS) is 11.6. The van der Waals surface area contributed by atoms with Crippen LogP contribution in [0.3, 0.4) is 0 Å². The minimum Gasteiger partial charge on any atom is -0.488 e. The quantitative estimate of drug-likeness (QED) is 0.272. The molecule has 0 aliphatic heterocycles. The van der Waals surface area contributed by atoms with E-state index in [9.17, 15) is 15.2 Å². The Bertz CT molecular complexity index is 1520. The van der Waals surface area contributed by atoms with Gasteiger partial charge in [-0.25, -0.2) is 14.2 Å². The van der Waals surface area contributed by atoms with E-state index >= 15 is 4.39 Å². The lowest BCUT2D eigenvalue weighted by molar-refractivity contribution is 0.196. The van der Waals surface area contributed by atoms with Gasteiger partial charge in [-0.3, -0.25) is 4.98 Å². The summed E-state index contributed by atoms with van der Waals surface area (Å²) < 4.78 is 22.2. The highest BCUT2D eigenvalue weighted by atomic mass is 19.1. The van der Waals surface area contributed by atoms with Crippen LogP contribution in [0, 0.1) is 24.1 Å². The fourth-order valence-corrected chi connectivity index (χ4v) is 3.81. The molecule has 1 unspecified atom stereocenters. The van der Waals surface area contributed by atoms with Gasteiger partial charge in [-0.2, -0.15) is 9.94 Å². The zero-order chi connectivity index (χ0) is 26.5. The third-order valence-corrected chi connectivity index (χ3v) is 5.66. The number of aromatic nitrogens is 4. The second-order valence-corrected chi connectivity index (χ2v) is 8.13. The Morgan fingerprint density at radius 1 is 1.35 bits per heavy atom. The van der Waals surface area contributed by atoms with Crippen LogP contribution in [0.25, 0.3) is 5.82 Å². The first kappa shape index (κ1) is 25.4. The maximum absolute atomic E-state index is 15.8. The summed E-state index contributed by atoms with van der Waals surface area (Å²) in [5, 5.41) is 26.0. The number of rotatable bonds is 9. The third-order valence-electron chi connectivity index (χ3n) is 5.66. The largest absolute Gasteiger partial charge is 0.488 e. The maximum Gasteiger partial charge on any atom is 0.349 e. The number of benzene rings is 2. The zero-order valence-electron chi connectivity index (χ0n) is 20.0. The number of ether oxygens (including phenoxy) is 1. The van der Waals surface area contributed by atoms with E-state index in [0.717, 1.165) is 10.2 Å². The van der Waals surface area contributed by atoms with Gasteiger partial charge in [-0.05, 0) is 60.9 Å². The third kappa shape index (κ3) is 5.29. The van der Waals surface area contributed by atoms with Gasteiger partial charge in [-0.15, -0.1) is 5.10 Å². The average Bonchev–Trinajstić information content (AvgIpc) is 3.28. The van der Waals surface area contributed by atoms with Crippen molar-refractivity contribution in [3.63, 3.8) is 0 Å². The van der Waals surface area contributed by atoms with Crippen LogP contribution in [-0.2, 0) is 6.42 Å². The van der Waals surface area contributed by atoms with Gasteiger partial charge in [0.2, 0.25) is 0 Å². The number of H-pyrrole nitrogens is 1. The molecule has 0 fully saturated rings. The SMILES string of the molecule is [CH2]c1cc(NC(c2nn(-c3ncccc3N)c(=O)[nH]2)c2cc(CC)cc(OCCO)c2F)ccc1C#N. The van der Waals surface area contributed by atoms with Gasteiger partial charge in [0.05, 0.1) is 23.9 Å². The molecule has 10 nitrogen and oxygen atoms in total. The number of pyridine rings is 1. The van der Waals surface area contributed by atoms with E-state index in [-0.39, 0.29) is 41.9 Å². The van der Waals surface area contributed by atoms with Gasteiger partial charge in [0.25, 0.3) is 0 Å². The van der Waals surface area contributed by atoms with Crippen molar-refractivity contribution in [2.45, 2.75) is 19.4 Å².